The Morgan fingerprint density at radius 2 is 2.00 bits per heavy atom. The van der Waals surface area contributed by atoms with E-state index in [2.05, 4.69) is 10.6 Å². The van der Waals surface area contributed by atoms with Gasteiger partial charge in [0.2, 0.25) is 11.8 Å². The van der Waals surface area contributed by atoms with Crippen molar-refractivity contribution in [3.05, 3.63) is 29.3 Å². The van der Waals surface area contributed by atoms with Crippen LogP contribution in [0.5, 0.6) is 0 Å². The molecule has 1 aromatic rings. The molecule has 2 aliphatic rings. The van der Waals surface area contributed by atoms with Crippen molar-refractivity contribution in [1.29, 1.82) is 0 Å². The molecule has 0 spiro atoms. The molecule has 2 unspecified atom stereocenters. The summed E-state index contributed by atoms with van der Waals surface area (Å²) in [6.07, 6.45) is 2.54. The number of amides is 2. The van der Waals surface area contributed by atoms with Crippen LogP contribution in [0, 0.1) is 5.92 Å². The standard InChI is InChI=1S/C16H20ClN3O2.ClH/c17-12-3-5-13(6-4-12)20-9-7-14(16(20)22)19-15(21)11-2-1-8-18-10-11;/h3-6,11,14,18H,1-2,7-10H2,(H,19,21);1H. The molecule has 3 rings (SSSR count). The first-order valence-corrected chi connectivity index (χ1v) is 8.11. The first-order chi connectivity index (χ1) is 10.6. The fourth-order valence-corrected chi connectivity index (χ4v) is 3.18. The number of nitrogens with zero attached hydrogens (tertiary/aromatic N) is 1. The number of hydrogen-bond acceptors (Lipinski definition) is 3. The van der Waals surface area contributed by atoms with Crippen molar-refractivity contribution in [3.8, 4) is 0 Å². The van der Waals surface area contributed by atoms with E-state index in [9.17, 15) is 9.59 Å². The molecule has 2 fully saturated rings. The van der Waals surface area contributed by atoms with E-state index < -0.39 is 6.04 Å². The molecule has 0 saturated carbocycles. The van der Waals surface area contributed by atoms with E-state index in [1.165, 1.54) is 0 Å². The normalized spacial score (nSPS) is 24.2. The van der Waals surface area contributed by atoms with Crippen LogP contribution in [-0.4, -0.2) is 37.5 Å². The van der Waals surface area contributed by atoms with Gasteiger partial charge in [-0.05, 0) is 50.1 Å². The topological polar surface area (TPSA) is 61.4 Å². The maximum atomic E-state index is 12.5. The highest BCUT2D eigenvalue weighted by Gasteiger charge is 2.35. The van der Waals surface area contributed by atoms with Crippen LogP contribution < -0.4 is 15.5 Å². The summed E-state index contributed by atoms with van der Waals surface area (Å²) in [7, 11) is 0. The van der Waals surface area contributed by atoms with Gasteiger partial charge in [0.05, 0.1) is 5.92 Å². The summed E-state index contributed by atoms with van der Waals surface area (Å²) in [6.45, 7) is 2.29. The Hall–Kier alpha value is -1.30. The van der Waals surface area contributed by atoms with Crippen molar-refractivity contribution < 1.29 is 9.59 Å². The number of carbonyl (C=O) groups is 2. The maximum Gasteiger partial charge on any atom is 0.249 e. The molecule has 2 N–H and O–H groups in total. The van der Waals surface area contributed by atoms with Crippen LogP contribution in [0.3, 0.4) is 0 Å². The lowest BCUT2D eigenvalue weighted by atomic mass is 9.98. The molecule has 2 aliphatic heterocycles. The Bertz CT molecular complexity index is 559. The summed E-state index contributed by atoms with van der Waals surface area (Å²) in [5.41, 5.74) is 0.825. The van der Waals surface area contributed by atoms with Gasteiger partial charge in [0.25, 0.3) is 0 Å². The van der Waals surface area contributed by atoms with Crippen LogP contribution in [-0.2, 0) is 9.59 Å². The summed E-state index contributed by atoms with van der Waals surface area (Å²) in [5.74, 6) is -0.0749. The molecule has 0 radical (unpaired) electrons. The molecule has 2 heterocycles. The zero-order valence-electron chi connectivity index (χ0n) is 12.8. The summed E-state index contributed by atoms with van der Waals surface area (Å²) >= 11 is 5.87. The Balaban J connectivity index is 0.00000192. The van der Waals surface area contributed by atoms with Crippen molar-refractivity contribution >= 4 is 41.5 Å². The summed E-state index contributed by atoms with van der Waals surface area (Å²) in [5, 5.41) is 6.78. The number of hydrogen-bond donors (Lipinski definition) is 2. The van der Waals surface area contributed by atoms with Crippen LogP contribution in [0.15, 0.2) is 24.3 Å². The smallest absolute Gasteiger partial charge is 0.249 e. The molecule has 1 aromatic carbocycles. The highest BCUT2D eigenvalue weighted by molar-refractivity contribution is 6.30. The highest BCUT2D eigenvalue weighted by Crippen LogP contribution is 2.23. The average molecular weight is 358 g/mol. The Morgan fingerprint density at radius 1 is 1.26 bits per heavy atom. The Morgan fingerprint density at radius 3 is 2.65 bits per heavy atom. The van der Waals surface area contributed by atoms with Gasteiger partial charge in [-0.15, -0.1) is 12.4 Å². The van der Waals surface area contributed by atoms with Gasteiger partial charge in [-0.3, -0.25) is 9.59 Å². The van der Waals surface area contributed by atoms with Crippen LogP contribution in [0.1, 0.15) is 19.3 Å². The number of nitrogens with one attached hydrogen (secondary N) is 2. The average Bonchev–Trinajstić information content (AvgIpc) is 2.90. The van der Waals surface area contributed by atoms with Crippen LogP contribution in [0.2, 0.25) is 5.02 Å². The molecular weight excluding hydrogens is 337 g/mol. The quantitative estimate of drug-likeness (QED) is 0.869. The first kappa shape index (κ1) is 18.0. The largest absolute Gasteiger partial charge is 0.344 e. The minimum absolute atomic E-state index is 0. The van der Waals surface area contributed by atoms with Gasteiger partial charge in [0.1, 0.15) is 6.04 Å². The van der Waals surface area contributed by atoms with Crippen LogP contribution >= 0.6 is 24.0 Å². The van der Waals surface area contributed by atoms with E-state index in [0.29, 0.717) is 24.5 Å². The fourth-order valence-electron chi connectivity index (χ4n) is 3.06. The van der Waals surface area contributed by atoms with E-state index in [0.717, 1.165) is 25.1 Å². The molecule has 23 heavy (non-hydrogen) atoms. The zero-order chi connectivity index (χ0) is 15.5. The van der Waals surface area contributed by atoms with Crippen molar-refractivity contribution in [2.45, 2.75) is 25.3 Å². The first-order valence-electron chi connectivity index (χ1n) is 7.73. The predicted molar refractivity (Wildman–Crippen MR) is 93.2 cm³/mol. The van der Waals surface area contributed by atoms with E-state index >= 15 is 0 Å². The monoisotopic (exact) mass is 357 g/mol. The summed E-state index contributed by atoms with van der Waals surface area (Å²) < 4.78 is 0. The minimum atomic E-state index is -0.412. The third kappa shape index (κ3) is 4.16. The van der Waals surface area contributed by atoms with E-state index in [-0.39, 0.29) is 30.1 Å². The summed E-state index contributed by atoms with van der Waals surface area (Å²) in [4.78, 5) is 26.4. The lowest BCUT2D eigenvalue weighted by molar-refractivity contribution is -0.129. The molecule has 7 heteroatoms. The van der Waals surface area contributed by atoms with Crippen LogP contribution in [0.25, 0.3) is 0 Å². The lowest BCUT2D eigenvalue weighted by Crippen LogP contribution is -2.47. The lowest BCUT2D eigenvalue weighted by Gasteiger charge is -2.23. The van der Waals surface area contributed by atoms with Gasteiger partial charge in [-0.2, -0.15) is 0 Å². The number of halogens is 2. The molecule has 2 saturated heterocycles. The second-order valence-electron chi connectivity index (χ2n) is 5.86. The van der Waals surface area contributed by atoms with Gasteiger partial charge in [0.15, 0.2) is 0 Å². The van der Waals surface area contributed by atoms with Gasteiger partial charge in [-0.1, -0.05) is 11.6 Å². The molecule has 2 amide bonds. The van der Waals surface area contributed by atoms with Crippen molar-refractivity contribution in [2.75, 3.05) is 24.5 Å². The Labute approximate surface area is 147 Å². The Kier molecular flexibility index (Phi) is 6.27. The maximum absolute atomic E-state index is 12.5. The molecule has 2 atom stereocenters. The predicted octanol–water partition coefficient (Wildman–Crippen LogP) is 1.98. The number of piperidine rings is 1. The van der Waals surface area contributed by atoms with Crippen molar-refractivity contribution in [1.82, 2.24) is 10.6 Å². The molecular formula is C16H21Cl2N3O2. The zero-order valence-corrected chi connectivity index (χ0v) is 14.3. The van der Waals surface area contributed by atoms with Gasteiger partial charge in [-0.25, -0.2) is 0 Å². The van der Waals surface area contributed by atoms with E-state index in [4.69, 9.17) is 11.6 Å². The minimum Gasteiger partial charge on any atom is -0.344 e. The third-order valence-electron chi connectivity index (χ3n) is 4.33. The van der Waals surface area contributed by atoms with Gasteiger partial charge < -0.3 is 15.5 Å². The number of carbonyl (C=O) groups excluding carboxylic acids is 2. The van der Waals surface area contributed by atoms with Crippen molar-refractivity contribution in [2.24, 2.45) is 5.92 Å². The number of benzene rings is 1. The molecule has 5 nitrogen and oxygen atoms in total. The number of rotatable bonds is 3. The molecule has 0 aromatic heterocycles. The fraction of sp³-hybridized carbons (Fsp3) is 0.500. The molecule has 0 bridgehead atoms. The highest BCUT2D eigenvalue weighted by atomic mass is 35.5. The molecule has 126 valence electrons. The van der Waals surface area contributed by atoms with E-state index in [1.807, 2.05) is 12.1 Å². The SMILES string of the molecule is Cl.O=C(NC1CCN(c2ccc(Cl)cc2)C1=O)C1CCCNC1. The second kappa shape index (κ2) is 7.99. The molecule has 0 aliphatic carbocycles. The van der Waals surface area contributed by atoms with Crippen LogP contribution in [0.4, 0.5) is 5.69 Å². The van der Waals surface area contributed by atoms with Gasteiger partial charge >= 0.3 is 0 Å². The summed E-state index contributed by atoms with van der Waals surface area (Å²) in [6, 6.07) is 6.78. The van der Waals surface area contributed by atoms with E-state index in [1.54, 1.807) is 17.0 Å². The number of anilines is 1. The third-order valence-corrected chi connectivity index (χ3v) is 4.58. The van der Waals surface area contributed by atoms with Crippen molar-refractivity contribution in [3.63, 3.8) is 0 Å². The second-order valence-corrected chi connectivity index (χ2v) is 6.30. The van der Waals surface area contributed by atoms with Gasteiger partial charge in [0, 0.05) is 23.8 Å².